The Kier molecular flexibility index (Phi) is 4.30. The highest BCUT2D eigenvalue weighted by molar-refractivity contribution is 5.92. The zero-order chi connectivity index (χ0) is 13.7. The SMILES string of the molecule is Cc1ncoc1C(=O)N(CCN)Cc1ccccc1. The second-order valence-electron chi connectivity index (χ2n) is 4.27. The Labute approximate surface area is 112 Å². The van der Waals surface area contributed by atoms with Crippen LogP contribution in [0, 0.1) is 6.92 Å². The molecule has 0 unspecified atom stereocenters. The highest BCUT2D eigenvalue weighted by atomic mass is 16.3. The van der Waals surface area contributed by atoms with Crippen LogP contribution in [0.15, 0.2) is 41.1 Å². The third-order valence-electron chi connectivity index (χ3n) is 2.84. The molecule has 0 saturated carbocycles. The Morgan fingerprint density at radius 1 is 1.37 bits per heavy atom. The Bertz CT molecular complexity index is 537. The molecule has 2 rings (SSSR count). The molecule has 5 heteroatoms. The first-order chi connectivity index (χ1) is 9.22. The third-order valence-corrected chi connectivity index (χ3v) is 2.84. The molecule has 0 saturated heterocycles. The van der Waals surface area contributed by atoms with E-state index in [0.717, 1.165) is 5.56 Å². The molecule has 1 aromatic heterocycles. The number of aryl methyl sites for hydroxylation is 1. The normalized spacial score (nSPS) is 10.4. The number of aromatic nitrogens is 1. The molecule has 2 N–H and O–H groups in total. The largest absolute Gasteiger partial charge is 0.438 e. The zero-order valence-electron chi connectivity index (χ0n) is 10.9. The van der Waals surface area contributed by atoms with Crippen molar-refractivity contribution in [3.63, 3.8) is 0 Å². The molecular formula is C14H17N3O2. The highest BCUT2D eigenvalue weighted by Gasteiger charge is 2.21. The number of rotatable bonds is 5. The van der Waals surface area contributed by atoms with Crippen LogP contribution in [0.25, 0.3) is 0 Å². The van der Waals surface area contributed by atoms with Crippen LogP contribution in [0.3, 0.4) is 0 Å². The van der Waals surface area contributed by atoms with E-state index in [1.807, 2.05) is 30.3 Å². The van der Waals surface area contributed by atoms with Crippen molar-refractivity contribution in [3.05, 3.63) is 53.7 Å². The first kappa shape index (κ1) is 13.3. The molecule has 5 nitrogen and oxygen atoms in total. The van der Waals surface area contributed by atoms with Crippen molar-refractivity contribution in [1.29, 1.82) is 0 Å². The first-order valence-electron chi connectivity index (χ1n) is 6.15. The molecule has 0 aliphatic rings. The van der Waals surface area contributed by atoms with Gasteiger partial charge in [-0.05, 0) is 12.5 Å². The van der Waals surface area contributed by atoms with Gasteiger partial charge in [-0.2, -0.15) is 0 Å². The summed E-state index contributed by atoms with van der Waals surface area (Å²) >= 11 is 0. The summed E-state index contributed by atoms with van der Waals surface area (Å²) < 4.78 is 5.15. The molecule has 0 atom stereocenters. The fourth-order valence-corrected chi connectivity index (χ4v) is 1.86. The van der Waals surface area contributed by atoms with E-state index in [-0.39, 0.29) is 11.7 Å². The summed E-state index contributed by atoms with van der Waals surface area (Å²) in [7, 11) is 0. The van der Waals surface area contributed by atoms with Gasteiger partial charge in [0, 0.05) is 19.6 Å². The minimum Gasteiger partial charge on any atom is -0.438 e. The number of hydrogen-bond donors (Lipinski definition) is 1. The fourth-order valence-electron chi connectivity index (χ4n) is 1.86. The van der Waals surface area contributed by atoms with Crippen LogP contribution in [0.1, 0.15) is 21.8 Å². The summed E-state index contributed by atoms with van der Waals surface area (Å²) in [6.07, 6.45) is 1.28. The smallest absolute Gasteiger partial charge is 0.291 e. The van der Waals surface area contributed by atoms with Gasteiger partial charge >= 0.3 is 0 Å². The van der Waals surface area contributed by atoms with E-state index < -0.39 is 0 Å². The maximum Gasteiger partial charge on any atom is 0.291 e. The predicted octanol–water partition coefficient (Wildman–Crippen LogP) is 1.58. The molecule has 0 aliphatic carbocycles. The summed E-state index contributed by atoms with van der Waals surface area (Å²) in [5.41, 5.74) is 7.23. The third kappa shape index (κ3) is 3.20. The van der Waals surface area contributed by atoms with Crippen LogP contribution in [-0.4, -0.2) is 28.9 Å². The van der Waals surface area contributed by atoms with Gasteiger partial charge in [-0.15, -0.1) is 0 Å². The van der Waals surface area contributed by atoms with Gasteiger partial charge < -0.3 is 15.1 Å². The van der Waals surface area contributed by atoms with E-state index in [1.54, 1.807) is 11.8 Å². The zero-order valence-corrected chi connectivity index (χ0v) is 10.9. The highest BCUT2D eigenvalue weighted by Crippen LogP contribution is 2.12. The fraction of sp³-hybridized carbons (Fsp3) is 0.286. The molecular weight excluding hydrogens is 242 g/mol. The number of carbonyl (C=O) groups excluding carboxylic acids is 1. The van der Waals surface area contributed by atoms with E-state index in [9.17, 15) is 4.79 Å². The van der Waals surface area contributed by atoms with E-state index in [2.05, 4.69) is 4.98 Å². The lowest BCUT2D eigenvalue weighted by atomic mass is 10.2. The monoisotopic (exact) mass is 259 g/mol. The van der Waals surface area contributed by atoms with Gasteiger partial charge in [0.1, 0.15) is 0 Å². The quantitative estimate of drug-likeness (QED) is 0.885. The minimum absolute atomic E-state index is 0.177. The molecule has 0 spiro atoms. The maximum atomic E-state index is 12.4. The average molecular weight is 259 g/mol. The number of oxazole rings is 1. The van der Waals surface area contributed by atoms with Crippen molar-refractivity contribution in [3.8, 4) is 0 Å². The molecule has 100 valence electrons. The molecule has 1 amide bonds. The number of benzene rings is 1. The Hall–Kier alpha value is -2.14. The van der Waals surface area contributed by atoms with Crippen LogP contribution in [0.4, 0.5) is 0 Å². The molecule has 0 radical (unpaired) electrons. The van der Waals surface area contributed by atoms with Gasteiger partial charge in [0.05, 0.1) is 5.69 Å². The summed E-state index contributed by atoms with van der Waals surface area (Å²) in [6.45, 7) is 3.15. The van der Waals surface area contributed by atoms with Crippen LogP contribution in [0.5, 0.6) is 0 Å². The maximum absolute atomic E-state index is 12.4. The molecule has 19 heavy (non-hydrogen) atoms. The van der Waals surface area contributed by atoms with Crippen molar-refractivity contribution in [1.82, 2.24) is 9.88 Å². The lowest BCUT2D eigenvalue weighted by Gasteiger charge is -2.21. The van der Waals surface area contributed by atoms with Crippen LogP contribution < -0.4 is 5.73 Å². The van der Waals surface area contributed by atoms with Gasteiger partial charge in [-0.1, -0.05) is 30.3 Å². The molecule has 2 aromatic rings. The van der Waals surface area contributed by atoms with Gasteiger partial charge in [0.15, 0.2) is 6.39 Å². The van der Waals surface area contributed by atoms with Crippen molar-refractivity contribution in [2.24, 2.45) is 5.73 Å². The molecule has 1 heterocycles. The van der Waals surface area contributed by atoms with Crippen LogP contribution in [0.2, 0.25) is 0 Å². The molecule has 0 aliphatic heterocycles. The number of amides is 1. The van der Waals surface area contributed by atoms with Crippen molar-refractivity contribution < 1.29 is 9.21 Å². The van der Waals surface area contributed by atoms with E-state index in [1.165, 1.54) is 6.39 Å². The van der Waals surface area contributed by atoms with E-state index in [4.69, 9.17) is 10.2 Å². The predicted molar refractivity (Wildman–Crippen MR) is 71.5 cm³/mol. The number of carbonyl (C=O) groups is 1. The lowest BCUT2D eigenvalue weighted by molar-refractivity contribution is 0.0715. The minimum atomic E-state index is -0.177. The standard InChI is InChI=1S/C14H17N3O2/c1-11-13(19-10-16-11)14(18)17(8-7-15)9-12-5-3-2-4-6-12/h2-6,10H,7-9,15H2,1H3. The van der Waals surface area contributed by atoms with Crippen molar-refractivity contribution in [2.45, 2.75) is 13.5 Å². The number of nitrogens with two attached hydrogens (primary N) is 1. The van der Waals surface area contributed by atoms with Crippen LogP contribution >= 0.6 is 0 Å². The van der Waals surface area contributed by atoms with Crippen LogP contribution in [-0.2, 0) is 6.54 Å². The van der Waals surface area contributed by atoms with E-state index >= 15 is 0 Å². The Morgan fingerprint density at radius 2 is 2.11 bits per heavy atom. The summed E-state index contributed by atoms with van der Waals surface area (Å²) in [6, 6.07) is 9.79. The summed E-state index contributed by atoms with van der Waals surface area (Å²) in [5, 5.41) is 0. The van der Waals surface area contributed by atoms with Crippen molar-refractivity contribution in [2.75, 3.05) is 13.1 Å². The number of nitrogens with zero attached hydrogens (tertiary/aromatic N) is 2. The first-order valence-corrected chi connectivity index (χ1v) is 6.15. The Morgan fingerprint density at radius 3 is 2.68 bits per heavy atom. The van der Waals surface area contributed by atoms with E-state index in [0.29, 0.717) is 25.3 Å². The lowest BCUT2D eigenvalue weighted by Crippen LogP contribution is -2.35. The second kappa shape index (κ2) is 6.15. The summed E-state index contributed by atoms with van der Waals surface area (Å²) in [4.78, 5) is 18.0. The Balaban J connectivity index is 2.16. The van der Waals surface area contributed by atoms with Gasteiger partial charge in [-0.3, -0.25) is 4.79 Å². The van der Waals surface area contributed by atoms with Gasteiger partial charge in [-0.25, -0.2) is 4.98 Å². The van der Waals surface area contributed by atoms with Gasteiger partial charge in [0.25, 0.3) is 5.91 Å². The number of hydrogen-bond acceptors (Lipinski definition) is 4. The molecule has 1 aromatic carbocycles. The van der Waals surface area contributed by atoms with Crippen molar-refractivity contribution >= 4 is 5.91 Å². The van der Waals surface area contributed by atoms with Gasteiger partial charge in [0.2, 0.25) is 5.76 Å². The average Bonchev–Trinajstić information content (AvgIpc) is 2.85. The second-order valence-corrected chi connectivity index (χ2v) is 4.27. The topological polar surface area (TPSA) is 72.4 Å². The molecule has 0 fully saturated rings. The molecule has 0 bridgehead atoms. The summed E-state index contributed by atoms with van der Waals surface area (Å²) in [5.74, 6) is 0.105.